The summed E-state index contributed by atoms with van der Waals surface area (Å²) >= 11 is 0. The maximum Gasteiger partial charge on any atom is 0.248 e. The van der Waals surface area contributed by atoms with Crippen LogP contribution in [0.5, 0.6) is 0 Å². The Bertz CT molecular complexity index is 594. The molecule has 0 bridgehead atoms. The summed E-state index contributed by atoms with van der Waals surface area (Å²) < 4.78 is 8.45. The van der Waals surface area contributed by atoms with E-state index in [4.69, 9.17) is 0 Å². The van der Waals surface area contributed by atoms with Crippen molar-refractivity contribution in [3.8, 4) is 0 Å². The van der Waals surface area contributed by atoms with Crippen molar-refractivity contribution < 1.29 is 9.13 Å². The van der Waals surface area contributed by atoms with Crippen LogP contribution in [-0.4, -0.2) is 9.13 Å². The monoisotopic (exact) mass is 300 g/mol. The molecule has 2 aromatic heterocycles. The second-order valence-electron chi connectivity index (χ2n) is 5.82. The normalized spacial score (nSPS) is 12.2. The van der Waals surface area contributed by atoms with Crippen molar-refractivity contribution in [2.45, 2.75) is 51.6 Å². The van der Waals surface area contributed by atoms with Crippen molar-refractivity contribution in [1.82, 2.24) is 9.13 Å². The Hall–Kier alpha value is -2.10. The minimum absolute atomic E-state index is 0.553. The fraction of sp³-hybridized carbons (Fsp3) is 0.444. The van der Waals surface area contributed by atoms with E-state index in [1.54, 1.807) is 0 Å². The van der Waals surface area contributed by atoms with Crippen molar-refractivity contribution in [3.05, 3.63) is 50.6 Å². The third-order valence-corrected chi connectivity index (χ3v) is 4.11. The molecule has 0 aromatic carbocycles. The van der Waals surface area contributed by atoms with Gasteiger partial charge in [0.1, 0.15) is 24.8 Å². The number of rotatable bonds is 10. The molecule has 0 unspecified atom stereocenters. The molecule has 0 saturated heterocycles. The number of imidazole rings is 2. The molecule has 4 nitrogen and oxygen atoms in total. The molecule has 4 heteroatoms. The summed E-state index contributed by atoms with van der Waals surface area (Å²) in [7, 11) is 0. The second-order valence-corrected chi connectivity index (χ2v) is 5.82. The highest BCUT2D eigenvalue weighted by molar-refractivity contribution is 5.13. The Morgan fingerprint density at radius 2 is 1.64 bits per heavy atom. The van der Waals surface area contributed by atoms with Crippen LogP contribution in [0, 0.1) is 0 Å². The molecule has 2 heterocycles. The number of hydrogen-bond donors (Lipinski definition) is 0. The van der Waals surface area contributed by atoms with E-state index in [0.29, 0.717) is 6.04 Å². The van der Waals surface area contributed by atoms with E-state index in [0.717, 1.165) is 6.54 Å². The summed E-state index contributed by atoms with van der Waals surface area (Å²) in [6.07, 6.45) is 22.4. The van der Waals surface area contributed by atoms with Crippen LogP contribution in [0.3, 0.4) is 0 Å². The quantitative estimate of drug-likeness (QED) is 0.473. The summed E-state index contributed by atoms with van der Waals surface area (Å²) in [6.45, 7) is 10.9. The first-order valence-corrected chi connectivity index (χ1v) is 8.13. The van der Waals surface area contributed by atoms with Crippen LogP contribution in [0.15, 0.2) is 50.6 Å². The molecule has 0 spiro atoms. The maximum atomic E-state index is 3.77. The minimum atomic E-state index is 0.553. The third-order valence-electron chi connectivity index (χ3n) is 4.11. The Labute approximate surface area is 133 Å². The topological polar surface area (TPSA) is 17.6 Å². The Balaban J connectivity index is 1.58. The van der Waals surface area contributed by atoms with Crippen molar-refractivity contribution in [2.24, 2.45) is 0 Å². The van der Waals surface area contributed by atoms with Crippen LogP contribution in [0.25, 0.3) is 12.4 Å². The van der Waals surface area contributed by atoms with E-state index >= 15 is 0 Å². The van der Waals surface area contributed by atoms with E-state index in [1.807, 2.05) is 33.9 Å². The van der Waals surface area contributed by atoms with Gasteiger partial charge in [-0.3, -0.25) is 0 Å². The SMILES string of the molecule is C=Cn1cc[n+](CCCCCC[C@@H](C)[n+]2ccn(C=C)c2)c1. The van der Waals surface area contributed by atoms with Gasteiger partial charge in [0.25, 0.3) is 0 Å². The van der Waals surface area contributed by atoms with E-state index in [2.05, 4.69) is 54.3 Å². The largest absolute Gasteiger partial charge is 0.248 e. The van der Waals surface area contributed by atoms with Gasteiger partial charge >= 0.3 is 0 Å². The lowest BCUT2D eigenvalue weighted by Gasteiger charge is -2.07. The molecule has 22 heavy (non-hydrogen) atoms. The van der Waals surface area contributed by atoms with E-state index in [9.17, 15) is 0 Å². The van der Waals surface area contributed by atoms with Crippen molar-refractivity contribution in [1.29, 1.82) is 0 Å². The maximum absolute atomic E-state index is 3.77. The lowest BCUT2D eigenvalue weighted by atomic mass is 10.1. The molecule has 2 aromatic rings. The molecule has 0 aliphatic carbocycles. The zero-order chi connectivity index (χ0) is 15.8. The van der Waals surface area contributed by atoms with Gasteiger partial charge in [0, 0.05) is 0 Å². The first-order chi connectivity index (χ1) is 10.7. The summed E-state index contributed by atoms with van der Waals surface area (Å²) in [4.78, 5) is 0. The van der Waals surface area contributed by atoms with Gasteiger partial charge in [-0.1, -0.05) is 19.6 Å². The average Bonchev–Trinajstić information content (AvgIpc) is 3.19. The summed E-state index contributed by atoms with van der Waals surface area (Å²) in [5, 5.41) is 0. The minimum Gasteiger partial charge on any atom is -0.236 e. The van der Waals surface area contributed by atoms with Crippen LogP contribution in [0.2, 0.25) is 0 Å². The third kappa shape index (κ3) is 4.72. The Morgan fingerprint density at radius 1 is 0.955 bits per heavy atom. The van der Waals surface area contributed by atoms with Crippen molar-refractivity contribution >= 4 is 12.4 Å². The van der Waals surface area contributed by atoms with Crippen LogP contribution < -0.4 is 9.13 Å². The van der Waals surface area contributed by atoms with Gasteiger partial charge in [0.15, 0.2) is 0 Å². The highest BCUT2D eigenvalue weighted by Crippen LogP contribution is 2.10. The first-order valence-electron chi connectivity index (χ1n) is 8.13. The number of aryl methyl sites for hydroxylation is 1. The van der Waals surface area contributed by atoms with Crippen LogP contribution in [-0.2, 0) is 6.54 Å². The molecule has 0 aliphatic rings. The summed E-state index contributed by atoms with van der Waals surface area (Å²) in [6, 6.07) is 0.553. The Morgan fingerprint density at radius 3 is 2.32 bits per heavy atom. The number of unbranched alkanes of at least 4 members (excludes halogenated alkanes) is 3. The molecule has 1 atom stereocenters. The molecule has 0 amide bonds. The highest BCUT2D eigenvalue weighted by Gasteiger charge is 2.10. The van der Waals surface area contributed by atoms with Crippen LogP contribution >= 0.6 is 0 Å². The van der Waals surface area contributed by atoms with Gasteiger partial charge in [-0.25, -0.2) is 18.3 Å². The van der Waals surface area contributed by atoms with Crippen LogP contribution in [0.1, 0.15) is 45.1 Å². The molecule has 2 rings (SSSR count). The van der Waals surface area contributed by atoms with Crippen molar-refractivity contribution in [3.63, 3.8) is 0 Å². The van der Waals surface area contributed by atoms with E-state index in [-0.39, 0.29) is 0 Å². The average molecular weight is 300 g/mol. The summed E-state index contributed by atoms with van der Waals surface area (Å²) in [5.41, 5.74) is 0. The van der Waals surface area contributed by atoms with Gasteiger partial charge in [0.05, 0.1) is 25.0 Å². The van der Waals surface area contributed by atoms with Gasteiger partial charge in [-0.2, -0.15) is 0 Å². The Kier molecular flexibility index (Phi) is 6.19. The molecule has 0 saturated carbocycles. The van der Waals surface area contributed by atoms with E-state index in [1.165, 1.54) is 32.1 Å². The number of hydrogen-bond acceptors (Lipinski definition) is 0. The van der Waals surface area contributed by atoms with E-state index < -0.39 is 0 Å². The molecular weight excluding hydrogens is 272 g/mol. The lowest BCUT2D eigenvalue weighted by Crippen LogP contribution is -2.35. The van der Waals surface area contributed by atoms with Gasteiger partial charge < -0.3 is 0 Å². The predicted octanol–water partition coefficient (Wildman–Crippen LogP) is 3.28. The zero-order valence-electron chi connectivity index (χ0n) is 13.6. The molecule has 0 fully saturated rings. The number of nitrogens with zero attached hydrogens (tertiary/aromatic N) is 4. The molecule has 118 valence electrons. The second kappa shape index (κ2) is 8.37. The zero-order valence-corrected chi connectivity index (χ0v) is 13.6. The lowest BCUT2D eigenvalue weighted by molar-refractivity contribution is -0.719. The predicted molar refractivity (Wildman–Crippen MR) is 89.8 cm³/mol. The molecular formula is C18H28N4+2. The van der Waals surface area contributed by atoms with Crippen LogP contribution in [0.4, 0.5) is 0 Å². The first kappa shape index (κ1) is 16.3. The summed E-state index contributed by atoms with van der Waals surface area (Å²) in [5.74, 6) is 0. The molecule has 0 N–H and O–H groups in total. The fourth-order valence-electron chi connectivity index (χ4n) is 2.64. The van der Waals surface area contributed by atoms with Gasteiger partial charge in [-0.15, -0.1) is 0 Å². The molecule has 0 aliphatic heterocycles. The molecule has 0 radical (unpaired) electrons. The van der Waals surface area contributed by atoms with Gasteiger partial charge in [0.2, 0.25) is 12.7 Å². The smallest absolute Gasteiger partial charge is 0.236 e. The number of aromatic nitrogens is 4. The standard InChI is InChI=1S/C18H28N4/c1-4-19-12-13-21(16-19)11-9-7-6-8-10-18(3)22-15-14-20(5-2)17-22/h4-5,12-18H,1-2,6-11H2,3H3/q+2/t18-/m1/s1. The van der Waals surface area contributed by atoms with Gasteiger partial charge in [-0.05, 0) is 32.6 Å². The highest BCUT2D eigenvalue weighted by atomic mass is 15.1. The fourth-order valence-corrected chi connectivity index (χ4v) is 2.64. The van der Waals surface area contributed by atoms with Crippen molar-refractivity contribution in [2.75, 3.05) is 0 Å².